The van der Waals surface area contributed by atoms with Gasteiger partial charge in [0, 0.05) is 43.9 Å². The summed E-state index contributed by atoms with van der Waals surface area (Å²) >= 11 is 1.39. The smallest absolute Gasteiger partial charge is 0.262 e. The second-order valence-corrected chi connectivity index (χ2v) is 10.2. The minimum Gasteiger partial charge on any atom is -0.351 e. The van der Waals surface area contributed by atoms with Crippen LogP contribution >= 0.6 is 11.8 Å². The highest BCUT2D eigenvalue weighted by Crippen LogP contribution is 2.29. The maximum atomic E-state index is 12.8. The lowest BCUT2D eigenvalue weighted by molar-refractivity contribution is -0.121. The van der Waals surface area contributed by atoms with Crippen molar-refractivity contribution < 1.29 is 14.4 Å². The summed E-state index contributed by atoms with van der Waals surface area (Å²) in [6.45, 7) is 7.80. The maximum Gasteiger partial charge on any atom is 0.262 e. The lowest BCUT2D eigenvalue weighted by atomic mass is 9.91. The van der Waals surface area contributed by atoms with E-state index in [0.717, 1.165) is 50.6 Å². The van der Waals surface area contributed by atoms with E-state index >= 15 is 0 Å². The van der Waals surface area contributed by atoms with Crippen molar-refractivity contribution in [1.29, 1.82) is 0 Å². The van der Waals surface area contributed by atoms with Crippen LogP contribution in [-0.2, 0) is 9.59 Å². The Hall–Kier alpha value is -2.35. The molecule has 0 saturated carbocycles. The zero-order valence-corrected chi connectivity index (χ0v) is 19.0. The van der Waals surface area contributed by atoms with E-state index in [1.807, 2.05) is 4.90 Å². The summed E-state index contributed by atoms with van der Waals surface area (Å²) in [5.41, 5.74) is 1.25. The zero-order chi connectivity index (χ0) is 22.0. The fraction of sp³-hybridized carbons (Fsp3) is 0.565. The Balaban J connectivity index is 1.29. The first kappa shape index (κ1) is 21.9. The highest BCUT2D eigenvalue weighted by Gasteiger charge is 2.33. The highest BCUT2D eigenvalue weighted by atomic mass is 32.2. The molecule has 0 aliphatic carbocycles. The second kappa shape index (κ2) is 9.42. The number of anilines is 1. The zero-order valence-electron chi connectivity index (χ0n) is 18.2. The van der Waals surface area contributed by atoms with Crippen LogP contribution in [0, 0.1) is 11.8 Å². The third kappa shape index (κ3) is 5.29. The lowest BCUT2D eigenvalue weighted by Gasteiger charge is -2.35. The number of carbonyl (C=O) groups is 3. The summed E-state index contributed by atoms with van der Waals surface area (Å²) in [5.74, 6) is 0.611. The number of rotatable bonds is 4. The third-order valence-corrected chi connectivity index (χ3v) is 7.26. The molecule has 1 aromatic rings. The molecule has 1 N–H and O–H groups in total. The van der Waals surface area contributed by atoms with Crippen molar-refractivity contribution in [1.82, 2.24) is 9.80 Å². The van der Waals surface area contributed by atoms with Gasteiger partial charge in [-0.1, -0.05) is 25.6 Å². The van der Waals surface area contributed by atoms with Crippen molar-refractivity contribution in [2.75, 3.05) is 31.5 Å². The van der Waals surface area contributed by atoms with Crippen LogP contribution in [0.1, 0.15) is 49.9 Å². The van der Waals surface area contributed by atoms with Crippen LogP contribution < -0.4 is 5.32 Å². The summed E-state index contributed by atoms with van der Waals surface area (Å²) in [7, 11) is 0. The van der Waals surface area contributed by atoms with Gasteiger partial charge in [0.15, 0.2) is 5.17 Å². The normalized spacial score (nSPS) is 26.2. The van der Waals surface area contributed by atoms with Gasteiger partial charge in [-0.3, -0.25) is 14.4 Å². The van der Waals surface area contributed by atoms with Gasteiger partial charge >= 0.3 is 0 Å². The molecular formula is C23H30N4O3S. The number of piperidine rings is 1. The first-order valence-electron chi connectivity index (χ1n) is 11.1. The average molecular weight is 443 g/mol. The van der Waals surface area contributed by atoms with Gasteiger partial charge in [-0.2, -0.15) is 4.99 Å². The van der Waals surface area contributed by atoms with Crippen LogP contribution in [0.15, 0.2) is 29.3 Å². The first-order chi connectivity index (χ1) is 14.9. The number of nitrogens with zero attached hydrogens (tertiary/aromatic N) is 3. The van der Waals surface area contributed by atoms with Crippen LogP contribution in [0.5, 0.6) is 0 Å². The number of aliphatic imine (C=N–C) groups is 1. The van der Waals surface area contributed by atoms with E-state index in [4.69, 9.17) is 0 Å². The fourth-order valence-corrected chi connectivity index (χ4v) is 5.76. The predicted molar refractivity (Wildman–Crippen MR) is 123 cm³/mol. The number of hydrogen-bond acceptors (Lipinski definition) is 5. The van der Waals surface area contributed by atoms with E-state index in [1.165, 1.54) is 11.8 Å². The van der Waals surface area contributed by atoms with Gasteiger partial charge in [0.25, 0.3) is 11.8 Å². The van der Waals surface area contributed by atoms with Gasteiger partial charge in [-0.25, -0.2) is 0 Å². The lowest BCUT2D eigenvalue weighted by Crippen LogP contribution is -2.42. The Labute approximate surface area is 187 Å². The molecule has 4 rings (SSSR count). The molecule has 3 aliphatic rings. The molecule has 0 spiro atoms. The summed E-state index contributed by atoms with van der Waals surface area (Å²) in [5, 5.41) is 3.14. The largest absolute Gasteiger partial charge is 0.351 e. The van der Waals surface area contributed by atoms with Crippen LogP contribution in [0.3, 0.4) is 0 Å². The van der Waals surface area contributed by atoms with E-state index in [-0.39, 0.29) is 24.1 Å². The van der Waals surface area contributed by atoms with Gasteiger partial charge in [0.1, 0.15) is 5.25 Å². The molecule has 3 aliphatic heterocycles. The number of benzene rings is 1. The Morgan fingerprint density at radius 1 is 1.10 bits per heavy atom. The van der Waals surface area contributed by atoms with E-state index < -0.39 is 5.25 Å². The van der Waals surface area contributed by atoms with Crippen molar-refractivity contribution in [3.8, 4) is 0 Å². The molecule has 0 radical (unpaired) electrons. The molecule has 3 amide bonds. The van der Waals surface area contributed by atoms with Gasteiger partial charge in [0.2, 0.25) is 5.91 Å². The quantitative estimate of drug-likeness (QED) is 0.774. The molecule has 2 fully saturated rings. The Morgan fingerprint density at radius 3 is 2.39 bits per heavy atom. The molecule has 8 heteroatoms. The van der Waals surface area contributed by atoms with Crippen LogP contribution in [0.25, 0.3) is 0 Å². The number of nitrogens with one attached hydrogen (secondary N) is 1. The number of carbonyl (C=O) groups excluding carboxylic acids is 3. The molecule has 0 bridgehead atoms. The molecule has 166 valence electrons. The fourth-order valence-electron chi connectivity index (χ4n) is 4.64. The topological polar surface area (TPSA) is 82.1 Å². The van der Waals surface area contributed by atoms with E-state index in [2.05, 4.69) is 29.1 Å². The minimum atomic E-state index is -0.459. The molecule has 2 saturated heterocycles. The Kier molecular flexibility index (Phi) is 6.65. The van der Waals surface area contributed by atoms with Crippen LogP contribution in [0.4, 0.5) is 5.69 Å². The van der Waals surface area contributed by atoms with Gasteiger partial charge in [0.05, 0.1) is 0 Å². The SMILES string of the molecule is C[C@@H]1C[C@H](C)CN(C(=O)c2ccc(NC(=O)C[C@@H]3SC(N4CCCC4)=NC3=O)cc2)C1. The highest BCUT2D eigenvalue weighted by molar-refractivity contribution is 8.15. The Bertz CT molecular complexity index is 869. The number of hydrogen-bond donors (Lipinski definition) is 1. The second-order valence-electron chi connectivity index (χ2n) is 9.02. The van der Waals surface area contributed by atoms with Crippen molar-refractivity contribution in [2.45, 2.75) is 44.8 Å². The monoisotopic (exact) mass is 442 g/mol. The van der Waals surface area contributed by atoms with Crippen molar-refractivity contribution in [3.05, 3.63) is 29.8 Å². The van der Waals surface area contributed by atoms with Gasteiger partial charge in [-0.15, -0.1) is 0 Å². The summed E-state index contributed by atoms with van der Waals surface area (Å²) in [6.07, 6.45) is 3.48. The molecule has 7 nitrogen and oxygen atoms in total. The first-order valence-corrected chi connectivity index (χ1v) is 12.0. The van der Waals surface area contributed by atoms with Crippen molar-refractivity contribution in [2.24, 2.45) is 16.8 Å². The molecule has 3 heterocycles. The molecular weight excluding hydrogens is 412 g/mol. The minimum absolute atomic E-state index is 0.0378. The summed E-state index contributed by atoms with van der Waals surface area (Å²) in [6, 6.07) is 7.01. The van der Waals surface area contributed by atoms with Crippen molar-refractivity contribution >= 4 is 40.3 Å². The van der Waals surface area contributed by atoms with E-state index in [1.54, 1.807) is 24.3 Å². The predicted octanol–water partition coefficient (Wildman–Crippen LogP) is 3.23. The van der Waals surface area contributed by atoms with Gasteiger partial charge in [-0.05, 0) is 55.4 Å². The standard InChI is InChI=1S/C23H30N4O3S/c1-15-11-16(2)14-27(13-15)22(30)17-5-7-18(8-6-17)24-20(28)12-19-21(29)25-23(31-19)26-9-3-4-10-26/h5-8,15-16,19H,3-4,9-14H2,1-2H3,(H,24,28)/t15-,16+,19-/m0/s1. The molecule has 31 heavy (non-hydrogen) atoms. The number of likely N-dealkylation sites (tertiary alicyclic amines) is 2. The molecule has 3 atom stereocenters. The summed E-state index contributed by atoms with van der Waals surface area (Å²) in [4.78, 5) is 45.7. The molecule has 0 unspecified atom stereocenters. The third-order valence-electron chi connectivity index (χ3n) is 6.05. The van der Waals surface area contributed by atoms with Crippen LogP contribution in [-0.4, -0.2) is 64.1 Å². The van der Waals surface area contributed by atoms with E-state index in [9.17, 15) is 14.4 Å². The number of amidine groups is 1. The van der Waals surface area contributed by atoms with Crippen LogP contribution in [0.2, 0.25) is 0 Å². The van der Waals surface area contributed by atoms with Gasteiger partial charge < -0.3 is 15.1 Å². The summed E-state index contributed by atoms with van der Waals surface area (Å²) < 4.78 is 0. The maximum absolute atomic E-state index is 12.8. The average Bonchev–Trinajstić information content (AvgIpc) is 3.38. The number of thioether (sulfide) groups is 1. The molecule has 1 aromatic carbocycles. The molecule has 0 aromatic heterocycles. The Morgan fingerprint density at radius 2 is 1.74 bits per heavy atom. The van der Waals surface area contributed by atoms with E-state index in [0.29, 0.717) is 23.1 Å². The van der Waals surface area contributed by atoms with Crippen molar-refractivity contribution in [3.63, 3.8) is 0 Å². The number of amides is 3.